The van der Waals surface area contributed by atoms with Crippen molar-refractivity contribution in [2.45, 2.75) is 32.1 Å². The number of anilines is 1. The Balaban J connectivity index is 2.11. The van der Waals surface area contributed by atoms with Crippen LogP contribution in [0.15, 0.2) is 18.2 Å². The lowest BCUT2D eigenvalue weighted by Gasteiger charge is -2.14. The molecule has 0 radical (unpaired) electrons. The predicted molar refractivity (Wildman–Crippen MR) is 68.5 cm³/mol. The van der Waals surface area contributed by atoms with Crippen LogP contribution in [-0.4, -0.2) is 11.5 Å². The molecule has 0 aromatic heterocycles. The van der Waals surface area contributed by atoms with E-state index in [0.717, 1.165) is 18.9 Å². The number of nitrogens with one attached hydrogen (secondary N) is 1. The molecule has 104 valence electrons. The molecule has 6 heteroatoms. The molecule has 1 aliphatic rings. The number of hydrogen-bond acceptors (Lipinski definition) is 3. The van der Waals surface area contributed by atoms with Crippen LogP contribution < -0.4 is 5.32 Å². The molecule has 0 amide bonds. The van der Waals surface area contributed by atoms with E-state index in [0.29, 0.717) is 18.2 Å². The lowest BCUT2D eigenvalue weighted by Crippen LogP contribution is -2.12. The van der Waals surface area contributed by atoms with Crippen molar-refractivity contribution < 1.29 is 13.7 Å². The molecule has 1 N–H and O–H groups in total. The Bertz CT molecular complexity index is 460. The van der Waals surface area contributed by atoms with Crippen LogP contribution in [0.4, 0.5) is 20.2 Å². The maximum Gasteiger partial charge on any atom is 0.270 e. The highest BCUT2D eigenvalue weighted by atomic mass is 19.3. The molecule has 19 heavy (non-hydrogen) atoms. The normalized spacial score (nSPS) is 15.9. The molecule has 0 spiro atoms. The fraction of sp³-hybridized carbons (Fsp3) is 0.538. The topological polar surface area (TPSA) is 55.2 Å². The summed E-state index contributed by atoms with van der Waals surface area (Å²) in [6.45, 7) is 0.650. The lowest BCUT2D eigenvalue weighted by atomic mass is 10.1. The number of non-ortho nitro benzene ring substituents is 1. The van der Waals surface area contributed by atoms with Gasteiger partial charge in [-0.25, -0.2) is 8.78 Å². The van der Waals surface area contributed by atoms with Crippen molar-refractivity contribution in [2.24, 2.45) is 5.92 Å². The minimum absolute atomic E-state index is 0.299. The summed E-state index contributed by atoms with van der Waals surface area (Å²) in [5, 5.41) is 13.6. The predicted octanol–water partition coefficient (Wildman–Crippen LogP) is 4.13. The number of hydrogen-bond donors (Lipinski definition) is 1. The smallest absolute Gasteiger partial charge is 0.270 e. The van der Waals surface area contributed by atoms with Gasteiger partial charge in [0.2, 0.25) is 0 Å². The molecular weight excluding hydrogens is 254 g/mol. The second kappa shape index (κ2) is 5.95. The Morgan fingerprint density at radius 2 is 2.05 bits per heavy atom. The summed E-state index contributed by atoms with van der Waals surface area (Å²) in [6.07, 6.45) is 1.89. The molecule has 1 aliphatic carbocycles. The van der Waals surface area contributed by atoms with E-state index in [-0.39, 0.29) is 11.3 Å². The fourth-order valence-corrected chi connectivity index (χ4v) is 2.47. The van der Waals surface area contributed by atoms with Crippen LogP contribution in [0.3, 0.4) is 0 Å². The van der Waals surface area contributed by atoms with Crippen LogP contribution in [0.25, 0.3) is 0 Å². The van der Waals surface area contributed by atoms with Crippen molar-refractivity contribution in [1.29, 1.82) is 0 Å². The zero-order chi connectivity index (χ0) is 13.8. The van der Waals surface area contributed by atoms with E-state index in [1.807, 2.05) is 0 Å². The molecule has 1 fully saturated rings. The fourth-order valence-electron chi connectivity index (χ4n) is 2.47. The van der Waals surface area contributed by atoms with Gasteiger partial charge in [0.25, 0.3) is 12.1 Å². The third-order valence-electron chi connectivity index (χ3n) is 3.54. The summed E-state index contributed by atoms with van der Waals surface area (Å²) in [5.41, 5.74) is -0.304. The average Bonchev–Trinajstić information content (AvgIpc) is 2.89. The first-order chi connectivity index (χ1) is 9.08. The first-order valence-electron chi connectivity index (χ1n) is 6.38. The summed E-state index contributed by atoms with van der Waals surface area (Å²) in [4.78, 5) is 9.93. The number of benzene rings is 1. The monoisotopic (exact) mass is 270 g/mol. The van der Waals surface area contributed by atoms with E-state index in [9.17, 15) is 18.9 Å². The van der Waals surface area contributed by atoms with Gasteiger partial charge in [-0.15, -0.1) is 0 Å². The molecule has 0 saturated heterocycles. The highest BCUT2D eigenvalue weighted by Crippen LogP contribution is 2.32. The molecule has 0 atom stereocenters. The number of nitrogens with zero attached hydrogens (tertiary/aromatic N) is 1. The summed E-state index contributed by atoms with van der Waals surface area (Å²) in [6, 6.07) is 3.57. The van der Waals surface area contributed by atoms with Gasteiger partial charge in [0.15, 0.2) is 0 Å². The minimum atomic E-state index is -2.72. The van der Waals surface area contributed by atoms with E-state index in [1.165, 1.54) is 25.0 Å². The van der Waals surface area contributed by atoms with E-state index < -0.39 is 11.3 Å². The van der Waals surface area contributed by atoms with Crippen LogP contribution in [-0.2, 0) is 0 Å². The SMILES string of the molecule is O=[N+]([O-])c1ccc(NCC2CCCC2)c(C(F)F)c1. The van der Waals surface area contributed by atoms with Crippen LogP contribution in [0.5, 0.6) is 0 Å². The van der Waals surface area contributed by atoms with E-state index in [4.69, 9.17) is 0 Å². The van der Waals surface area contributed by atoms with Crippen molar-refractivity contribution in [3.05, 3.63) is 33.9 Å². The van der Waals surface area contributed by atoms with Gasteiger partial charge in [0, 0.05) is 29.9 Å². The third-order valence-corrected chi connectivity index (χ3v) is 3.54. The van der Waals surface area contributed by atoms with Gasteiger partial charge in [-0.3, -0.25) is 10.1 Å². The van der Waals surface area contributed by atoms with E-state index >= 15 is 0 Å². The molecule has 1 aromatic rings. The van der Waals surface area contributed by atoms with Crippen molar-refractivity contribution in [2.75, 3.05) is 11.9 Å². The van der Waals surface area contributed by atoms with Crippen molar-refractivity contribution in [1.82, 2.24) is 0 Å². The molecule has 2 rings (SSSR count). The number of rotatable bonds is 5. The standard InChI is InChI=1S/C13H16F2N2O2/c14-13(15)11-7-10(17(18)19)5-6-12(11)16-8-9-3-1-2-4-9/h5-7,9,13,16H,1-4,8H2. The minimum Gasteiger partial charge on any atom is -0.384 e. The number of nitro benzene ring substituents is 1. The second-order valence-electron chi connectivity index (χ2n) is 4.86. The average molecular weight is 270 g/mol. The van der Waals surface area contributed by atoms with Gasteiger partial charge in [0.1, 0.15) is 0 Å². The van der Waals surface area contributed by atoms with Gasteiger partial charge < -0.3 is 5.32 Å². The molecular formula is C13H16F2N2O2. The zero-order valence-corrected chi connectivity index (χ0v) is 10.4. The molecule has 1 aromatic carbocycles. The van der Waals surface area contributed by atoms with Crippen molar-refractivity contribution >= 4 is 11.4 Å². The first kappa shape index (κ1) is 13.7. The van der Waals surface area contributed by atoms with E-state index in [2.05, 4.69) is 5.32 Å². The lowest BCUT2D eigenvalue weighted by molar-refractivity contribution is -0.385. The van der Waals surface area contributed by atoms with Gasteiger partial charge in [0.05, 0.1) is 4.92 Å². The molecule has 0 unspecified atom stereocenters. The highest BCUT2D eigenvalue weighted by molar-refractivity contribution is 5.56. The summed E-state index contributed by atoms with van der Waals surface area (Å²) >= 11 is 0. The Hall–Kier alpha value is -1.72. The number of halogens is 2. The molecule has 0 bridgehead atoms. The Kier molecular flexibility index (Phi) is 4.29. The van der Waals surface area contributed by atoms with Crippen LogP contribution in [0, 0.1) is 16.0 Å². The Labute approximate surface area is 110 Å². The first-order valence-corrected chi connectivity index (χ1v) is 6.38. The molecule has 0 heterocycles. The van der Waals surface area contributed by atoms with Crippen molar-refractivity contribution in [3.8, 4) is 0 Å². The highest BCUT2D eigenvalue weighted by Gasteiger charge is 2.19. The van der Waals surface area contributed by atoms with Gasteiger partial charge in [-0.05, 0) is 24.8 Å². The maximum atomic E-state index is 12.9. The number of alkyl halides is 2. The maximum absolute atomic E-state index is 12.9. The van der Waals surface area contributed by atoms with Crippen LogP contribution >= 0.6 is 0 Å². The Morgan fingerprint density at radius 3 is 2.63 bits per heavy atom. The zero-order valence-electron chi connectivity index (χ0n) is 10.4. The van der Waals surface area contributed by atoms with Crippen LogP contribution in [0.1, 0.15) is 37.7 Å². The van der Waals surface area contributed by atoms with Gasteiger partial charge in [-0.1, -0.05) is 12.8 Å². The summed E-state index contributed by atoms with van der Waals surface area (Å²) in [5.74, 6) is 0.515. The molecule has 4 nitrogen and oxygen atoms in total. The largest absolute Gasteiger partial charge is 0.384 e. The quantitative estimate of drug-likeness (QED) is 0.646. The van der Waals surface area contributed by atoms with Gasteiger partial charge >= 0.3 is 0 Å². The summed E-state index contributed by atoms with van der Waals surface area (Å²) < 4.78 is 25.8. The molecule has 1 saturated carbocycles. The third kappa shape index (κ3) is 3.39. The van der Waals surface area contributed by atoms with Gasteiger partial charge in [-0.2, -0.15) is 0 Å². The second-order valence-corrected chi connectivity index (χ2v) is 4.86. The van der Waals surface area contributed by atoms with E-state index in [1.54, 1.807) is 0 Å². The van der Waals surface area contributed by atoms with Crippen LogP contribution in [0.2, 0.25) is 0 Å². The molecule has 0 aliphatic heterocycles. The summed E-state index contributed by atoms with van der Waals surface area (Å²) in [7, 11) is 0. The number of nitro groups is 1. The Morgan fingerprint density at radius 1 is 1.37 bits per heavy atom. The van der Waals surface area contributed by atoms with Crippen molar-refractivity contribution in [3.63, 3.8) is 0 Å².